The summed E-state index contributed by atoms with van der Waals surface area (Å²) in [6.07, 6.45) is 0.732. The monoisotopic (exact) mass is 191 g/mol. The summed E-state index contributed by atoms with van der Waals surface area (Å²) < 4.78 is 5.03. The largest absolute Gasteiger partial charge is 0.478 e. The fourth-order valence-electron chi connectivity index (χ4n) is 1.38. The first-order chi connectivity index (χ1) is 6.72. The predicted molar refractivity (Wildman–Crippen MR) is 50.3 cm³/mol. The van der Waals surface area contributed by atoms with Crippen LogP contribution in [0.15, 0.2) is 22.7 Å². The fourth-order valence-corrected chi connectivity index (χ4v) is 1.38. The molecule has 0 radical (unpaired) electrons. The summed E-state index contributed by atoms with van der Waals surface area (Å²) in [4.78, 5) is 10.7. The molecule has 0 fully saturated rings. The zero-order valence-corrected chi connectivity index (χ0v) is 7.65. The van der Waals surface area contributed by atoms with E-state index in [0.717, 1.165) is 17.5 Å². The van der Waals surface area contributed by atoms with E-state index < -0.39 is 5.97 Å². The Balaban J connectivity index is 2.67. The average molecular weight is 191 g/mol. The lowest BCUT2D eigenvalue weighted by Gasteiger charge is -1.93. The average Bonchev–Trinajstić information content (AvgIpc) is 2.59. The van der Waals surface area contributed by atoms with E-state index in [2.05, 4.69) is 5.16 Å². The number of aromatic carboxylic acids is 1. The molecule has 2 rings (SSSR count). The molecule has 0 saturated heterocycles. The van der Waals surface area contributed by atoms with Gasteiger partial charge in [0.25, 0.3) is 0 Å². The summed E-state index contributed by atoms with van der Waals surface area (Å²) in [6, 6.07) is 4.73. The van der Waals surface area contributed by atoms with Crippen molar-refractivity contribution in [3.05, 3.63) is 29.5 Å². The van der Waals surface area contributed by atoms with Crippen LogP contribution in [-0.4, -0.2) is 16.2 Å². The van der Waals surface area contributed by atoms with Crippen molar-refractivity contribution >= 4 is 16.9 Å². The van der Waals surface area contributed by atoms with Gasteiger partial charge in [-0.25, -0.2) is 4.79 Å². The van der Waals surface area contributed by atoms with Gasteiger partial charge in [-0.2, -0.15) is 0 Å². The summed E-state index contributed by atoms with van der Waals surface area (Å²) in [5, 5.41) is 13.4. The van der Waals surface area contributed by atoms with Crippen molar-refractivity contribution in [1.29, 1.82) is 0 Å². The molecule has 4 heteroatoms. The zero-order valence-electron chi connectivity index (χ0n) is 7.65. The van der Waals surface area contributed by atoms with Crippen LogP contribution in [0.25, 0.3) is 11.0 Å². The molecule has 1 aromatic heterocycles. The third kappa shape index (κ3) is 1.25. The second kappa shape index (κ2) is 3.14. The summed E-state index contributed by atoms with van der Waals surface area (Å²) in [5.74, 6) is -0.935. The quantitative estimate of drug-likeness (QED) is 0.789. The molecule has 0 atom stereocenters. The van der Waals surface area contributed by atoms with E-state index >= 15 is 0 Å². The third-order valence-corrected chi connectivity index (χ3v) is 2.13. The van der Waals surface area contributed by atoms with Gasteiger partial charge >= 0.3 is 5.97 Å². The maximum Gasteiger partial charge on any atom is 0.335 e. The molecule has 0 unspecified atom stereocenters. The molecule has 14 heavy (non-hydrogen) atoms. The molecule has 0 bridgehead atoms. The van der Waals surface area contributed by atoms with Crippen molar-refractivity contribution in [2.45, 2.75) is 13.3 Å². The zero-order chi connectivity index (χ0) is 10.1. The number of nitrogens with zero attached hydrogens (tertiary/aromatic N) is 1. The first-order valence-corrected chi connectivity index (χ1v) is 4.34. The molecule has 0 aliphatic carbocycles. The van der Waals surface area contributed by atoms with E-state index in [9.17, 15) is 4.79 Å². The van der Waals surface area contributed by atoms with Crippen LogP contribution in [0, 0.1) is 0 Å². The molecule has 0 spiro atoms. The first-order valence-electron chi connectivity index (χ1n) is 4.34. The van der Waals surface area contributed by atoms with E-state index in [4.69, 9.17) is 9.63 Å². The Morgan fingerprint density at radius 2 is 2.36 bits per heavy atom. The molecule has 72 valence electrons. The lowest BCUT2D eigenvalue weighted by molar-refractivity contribution is 0.0697. The molecule has 1 aromatic carbocycles. The van der Waals surface area contributed by atoms with Crippen LogP contribution in [0.5, 0.6) is 0 Å². The highest BCUT2D eigenvalue weighted by Crippen LogP contribution is 2.20. The minimum Gasteiger partial charge on any atom is -0.478 e. The van der Waals surface area contributed by atoms with Crippen molar-refractivity contribution in [2.24, 2.45) is 0 Å². The van der Waals surface area contributed by atoms with Crippen LogP contribution in [-0.2, 0) is 6.42 Å². The van der Waals surface area contributed by atoms with E-state index in [0.29, 0.717) is 5.58 Å². The molecule has 0 amide bonds. The van der Waals surface area contributed by atoms with Crippen molar-refractivity contribution in [3.8, 4) is 0 Å². The molecule has 0 saturated carbocycles. The van der Waals surface area contributed by atoms with Crippen molar-refractivity contribution in [1.82, 2.24) is 5.16 Å². The van der Waals surface area contributed by atoms with Crippen LogP contribution >= 0.6 is 0 Å². The summed E-state index contributed by atoms with van der Waals surface area (Å²) >= 11 is 0. The number of hydrogen-bond acceptors (Lipinski definition) is 3. The van der Waals surface area contributed by atoms with Crippen LogP contribution in [0.4, 0.5) is 0 Å². The molecule has 0 aliphatic heterocycles. The molecule has 4 nitrogen and oxygen atoms in total. The number of hydrogen-bond donors (Lipinski definition) is 1. The van der Waals surface area contributed by atoms with E-state index in [-0.39, 0.29) is 5.56 Å². The van der Waals surface area contributed by atoms with Crippen LogP contribution < -0.4 is 0 Å². The number of carbonyl (C=O) groups is 1. The summed E-state index contributed by atoms with van der Waals surface area (Å²) in [7, 11) is 0. The summed E-state index contributed by atoms with van der Waals surface area (Å²) in [6.45, 7) is 1.95. The third-order valence-electron chi connectivity index (χ3n) is 2.13. The Morgan fingerprint density at radius 1 is 1.57 bits per heavy atom. The maximum absolute atomic E-state index is 10.7. The van der Waals surface area contributed by atoms with Gasteiger partial charge < -0.3 is 9.63 Å². The van der Waals surface area contributed by atoms with Gasteiger partial charge in [-0.1, -0.05) is 12.1 Å². The Morgan fingerprint density at radius 3 is 3.00 bits per heavy atom. The summed E-state index contributed by atoms with van der Waals surface area (Å²) in [5.41, 5.74) is 1.69. The number of rotatable bonds is 2. The Hall–Kier alpha value is -1.84. The van der Waals surface area contributed by atoms with Gasteiger partial charge in [0, 0.05) is 5.39 Å². The van der Waals surface area contributed by atoms with Crippen LogP contribution in [0.2, 0.25) is 0 Å². The van der Waals surface area contributed by atoms with Crippen LogP contribution in [0.3, 0.4) is 0 Å². The Kier molecular flexibility index (Phi) is 1.96. The Labute approximate surface area is 80.1 Å². The van der Waals surface area contributed by atoms with Gasteiger partial charge in [0.1, 0.15) is 0 Å². The molecule has 0 aliphatic rings. The lowest BCUT2D eigenvalue weighted by Crippen LogP contribution is -1.95. The van der Waals surface area contributed by atoms with E-state index in [1.54, 1.807) is 12.1 Å². The first kappa shape index (κ1) is 8.74. The molecule has 2 aromatic rings. The highest BCUT2D eigenvalue weighted by atomic mass is 16.5. The second-order valence-corrected chi connectivity index (χ2v) is 3.00. The fraction of sp³-hybridized carbons (Fsp3) is 0.200. The number of fused-ring (bicyclic) bond motifs is 1. The highest BCUT2D eigenvalue weighted by Gasteiger charge is 2.09. The van der Waals surface area contributed by atoms with Gasteiger partial charge in [-0.15, -0.1) is 0 Å². The van der Waals surface area contributed by atoms with Gasteiger partial charge in [-0.3, -0.25) is 0 Å². The van der Waals surface area contributed by atoms with Gasteiger partial charge in [-0.05, 0) is 24.6 Å². The standard InChI is InChI=1S/C10H9NO3/c1-2-8-7-5-6(10(12)13)3-4-9(7)14-11-8/h3-5H,2H2,1H3,(H,12,13). The number of carboxylic acids is 1. The van der Waals surface area contributed by atoms with Crippen LogP contribution in [0.1, 0.15) is 23.0 Å². The normalized spacial score (nSPS) is 10.6. The second-order valence-electron chi connectivity index (χ2n) is 3.00. The topological polar surface area (TPSA) is 63.3 Å². The highest BCUT2D eigenvalue weighted by molar-refractivity contribution is 5.93. The lowest BCUT2D eigenvalue weighted by atomic mass is 10.1. The molecular formula is C10H9NO3. The maximum atomic E-state index is 10.7. The molecule has 1 heterocycles. The minimum atomic E-state index is -0.935. The number of benzene rings is 1. The Bertz CT molecular complexity index is 487. The van der Waals surface area contributed by atoms with Gasteiger partial charge in [0.05, 0.1) is 11.3 Å². The van der Waals surface area contributed by atoms with Crippen molar-refractivity contribution in [2.75, 3.05) is 0 Å². The smallest absolute Gasteiger partial charge is 0.335 e. The molecule has 1 N–H and O–H groups in total. The SMILES string of the molecule is CCc1noc2ccc(C(=O)O)cc12. The minimum absolute atomic E-state index is 0.260. The predicted octanol–water partition coefficient (Wildman–Crippen LogP) is 2.09. The van der Waals surface area contributed by atoms with Crippen molar-refractivity contribution in [3.63, 3.8) is 0 Å². The van der Waals surface area contributed by atoms with Gasteiger partial charge in [0.2, 0.25) is 0 Å². The van der Waals surface area contributed by atoms with E-state index in [1.165, 1.54) is 6.07 Å². The molecular weight excluding hydrogens is 182 g/mol. The van der Waals surface area contributed by atoms with Crippen molar-refractivity contribution < 1.29 is 14.4 Å². The van der Waals surface area contributed by atoms with E-state index in [1.807, 2.05) is 6.92 Å². The number of aryl methyl sites for hydroxylation is 1. The number of aromatic nitrogens is 1. The van der Waals surface area contributed by atoms with Gasteiger partial charge in [0.15, 0.2) is 5.58 Å². The number of carboxylic acid groups (broad SMARTS) is 1.